The lowest BCUT2D eigenvalue weighted by Crippen LogP contribution is -2.23. The number of esters is 1. The molecule has 134 valence electrons. The van der Waals surface area contributed by atoms with Gasteiger partial charge < -0.3 is 14.8 Å². The van der Waals surface area contributed by atoms with Crippen LogP contribution in [0.3, 0.4) is 0 Å². The summed E-state index contributed by atoms with van der Waals surface area (Å²) in [7, 11) is 1.38. The van der Waals surface area contributed by atoms with Crippen LogP contribution in [-0.4, -0.2) is 31.2 Å². The lowest BCUT2D eigenvalue weighted by molar-refractivity contribution is 0.0601. The van der Waals surface area contributed by atoms with Gasteiger partial charge in [0.25, 0.3) is 0 Å². The Morgan fingerprint density at radius 3 is 3.12 bits per heavy atom. The molecule has 0 spiro atoms. The number of anilines is 1. The normalized spacial score (nSPS) is 16.3. The van der Waals surface area contributed by atoms with Crippen LogP contribution in [0, 0.1) is 0 Å². The number of ether oxygens (including phenoxy) is 2. The standard InChI is InChI=1S/C19H17BrN2O3S/c1-24-18(23)12-6-15(20)17-16(7-12)26-19(22-17)21-8-13-10-25-9-11-4-2-3-5-14(11)13/h2-7,13H,8-10H2,1H3,(H,21,22). The summed E-state index contributed by atoms with van der Waals surface area (Å²) < 4.78 is 12.2. The van der Waals surface area contributed by atoms with Gasteiger partial charge in [-0.3, -0.25) is 0 Å². The van der Waals surface area contributed by atoms with Crippen molar-refractivity contribution in [3.8, 4) is 0 Å². The van der Waals surface area contributed by atoms with Crippen LogP contribution in [0.4, 0.5) is 5.13 Å². The monoisotopic (exact) mass is 432 g/mol. The Kier molecular flexibility index (Phi) is 4.93. The molecular weight excluding hydrogens is 416 g/mol. The van der Waals surface area contributed by atoms with E-state index in [1.54, 1.807) is 6.07 Å². The highest BCUT2D eigenvalue weighted by Gasteiger charge is 2.21. The molecule has 4 rings (SSSR count). The van der Waals surface area contributed by atoms with Gasteiger partial charge in [0.2, 0.25) is 0 Å². The van der Waals surface area contributed by atoms with Crippen LogP contribution >= 0.6 is 27.3 Å². The number of methoxy groups -OCH3 is 1. The molecule has 5 nitrogen and oxygen atoms in total. The summed E-state index contributed by atoms with van der Waals surface area (Å²) in [5.41, 5.74) is 3.93. The van der Waals surface area contributed by atoms with Gasteiger partial charge in [-0.2, -0.15) is 0 Å². The van der Waals surface area contributed by atoms with Crippen molar-refractivity contribution in [1.82, 2.24) is 4.98 Å². The SMILES string of the molecule is COC(=O)c1cc(Br)c2nc(NCC3COCc4ccccc43)sc2c1. The van der Waals surface area contributed by atoms with E-state index in [0.29, 0.717) is 24.7 Å². The maximum atomic E-state index is 11.8. The summed E-state index contributed by atoms with van der Waals surface area (Å²) in [6.07, 6.45) is 0. The molecule has 1 aliphatic rings. The first-order valence-corrected chi connectivity index (χ1v) is 9.84. The number of thiazole rings is 1. The van der Waals surface area contributed by atoms with Gasteiger partial charge in [0, 0.05) is 16.9 Å². The van der Waals surface area contributed by atoms with E-state index in [0.717, 1.165) is 26.4 Å². The average Bonchev–Trinajstić information content (AvgIpc) is 3.09. The molecular formula is C19H17BrN2O3S. The fourth-order valence-electron chi connectivity index (χ4n) is 3.14. The van der Waals surface area contributed by atoms with Crippen molar-refractivity contribution in [1.29, 1.82) is 0 Å². The molecule has 1 unspecified atom stereocenters. The van der Waals surface area contributed by atoms with Crippen molar-refractivity contribution in [2.75, 3.05) is 25.6 Å². The molecule has 1 aromatic heterocycles. The summed E-state index contributed by atoms with van der Waals surface area (Å²) in [6, 6.07) is 11.9. The van der Waals surface area contributed by atoms with Crippen molar-refractivity contribution in [3.63, 3.8) is 0 Å². The first kappa shape index (κ1) is 17.5. The second-order valence-electron chi connectivity index (χ2n) is 6.11. The fraction of sp³-hybridized carbons (Fsp3) is 0.263. The molecule has 0 bridgehead atoms. The van der Waals surface area contributed by atoms with Crippen molar-refractivity contribution >= 4 is 48.6 Å². The zero-order valence-electron chi connectivity index (χ0n) is 14.1. The van der Waals surface area contributed by atoms with Crippen molar-refractivity contribution in [3.05, 3.63) is 57.6 Å². The molecule has 0 amide bonds. The molecule has 0 aliphatic carbocycles. The van der Waals surface area contributed by atoms with Crippen LogP contribution in [0.5, 0.6) is 0 Å². The number of rotatable bonds is 4. The highest BCUT2D eigenvalue weighted by molar-refractivity contribution is 9.10. The number of hydrogen-bond donors (Lipinski definition) is 1. The number of hydrogen-bond acceptors (Lipinski definition) is 6. The molecule has 26 heavy (non-hydrogen) atoms. The first-order valence-electron chi connectivity index (χ1n) is 8.23. The summed E-state index contributed by atoms with van der Waals surface area (Å²) in [6.45, 7) is 2.13. The van der Waals surface area contributed by atoms with Crippen LogP contribution in [0.1, 0.15) is 27.4 Å². The lowest BCUT2D eigenvalue weighted by atomic mass is 9.93. The van der Waals surface area contributed by atoms with E-state index in [1.165, 1.54) is 29.6 Å². The number of halogens is 1. The first-order chi connectivity index (χ1) is 12.7. The van der Waals surface area contributed by atoms with Gasteiger partial charge in [0.1, 0.15) is 0 Å². The molecule has 2 aromatic carbocycles. The predicted molar refractivity (Wildman–Crippen MR) is 106 cm³/mol. The molecule has 1 aliphatic heterocycles. The number of aromatic nitrogens is 1. The van der Waals surface area contributed by atoms with Crippen LogP contribution in [-0.2, 0) is 16.1 Å². The Balaban J connectivity index is 1.55. The van der Waals surface area contributed by atoms with E-state index in [-0.39, 0.29) is 5.97 Å². The topological polar surface area (TPSA) is 60.5 Å². The molecule has 1 N–H and O–H groups in total. The van der Waals surface area contributed by atoms with Gasteiger partial charge in [-0.25, -0.2) is 9.78 Å². The largest absolute Gasteiger partial charge is 0.465 e. The minimum Gasteiger partial charge on any atom is -0.465 e. The van der Waals surface area contributed by atoms with Gasteiger partial charge >= 0.3 is 5.97 Å². The van der Waals surface area contributed by atoms with Gasteiger partial charge in [-0.15, -0.1) is 0 Å². The molecule has 3 aromatic rings. The second-order valence-corrected chi connectivity index (χ2v) is 7.99. The van der Waals surface area contributed by atoms with Crippen LogP contribution in [0.25, 0.3) is 10.2 Å². The van der Waals surface area contributed by atoms with Crippen LogP contribution < -0.4 is 5.32 Å². The zero-order chi connectivity index (χ0) is 18.1. The van der Waals surface area contributed by atoms with E-state index >= 15 is 0 Å². The number of benzene rings is 2. The molecule has 1 atom stereocenters. The third kappa shape index (κ3) is 3.34. The van der Waals surface area contributed by atoms with Crippen molar-refractivity contribution in [2.24, 2.45) is 0 Å². The van der Waals surface area contributed by atoms with E-state index in [4.69, 9.17) is 9.47 Å². The third-order valence-electron chi connectivity index (χ3n) is 4.44. The summed E-state index contributed by atoms with van der Waals surface area (Å²) in [5.74, 6) is -0.0625. The van der Waals surface area contributed by atoms with Gasteiger partial charge in [0.15, 0.2) is 5.13 Å². The molecule has 0 radical (unpaired) electrons. The molecule has 7 heteroatoms. The maximum Gasteiger partial charge on any atom is 0.337 e. The predicted octanol–water partition coefficient (Wildman–Crippen LogP) is 4.57. The Morgan fingerprint density at radius 1 is 1.42 bits per heavy atom. The number of carbonyl (C=O) groups excluding carboxylic acids is 1. The van der Waals surface area contributed by atoms with Crippen LogP contribution in [0.15, 0.2) is 40.9 Å². The van der Waals surface area contributed by atoms with E-state index < -0.39 is 0 Å². The fourth-order valence-corrected chi connectivity index (χ4v) is 4.76. The van der Waals surface area contributed by atoms with Gasteiger partial charge in [0.05, 0.1) is 36.1 Å². The zero-order valence-corrected chi connectivity index (χ0v) is 16.5. The third-order valence-corrected chi connectivity index (χ3v) is 6.01. The number of carbonyl (C=O) groups is 1. The number of fused-ring (bicyclic) bond motifs is 2. The summed E-state index contributed by atoms with van der Waals surface area (Å²) >= 11 is 5.02. The Labute approximate surface area is 163 Å². The highest BCUT2D eigenvalue weighted by Crippen LogP contribution is 2.33. The van der Waals surface area contributed by atoms with Gasteiger partial charge in [-0.05, 0) is 39.2 Å². The van der Waals surface area contributed by atoms with E-state index in [1.807, 2.05) is 12.1 Å². The second kappa shape index (κ2) is 7.34. The smallest absolute Gasteiger partial charge is 0.337 e. The molecule has 0 saturated heterocycles. The quantitative estimate of drug-likeness (QED) is 0.611. The lowest BCUT2D eigenvalue weighted by Gasteiger charge is -2.25. The molecule has 0 fully saturated rings. The minimum atomic E-state index is -0.355. The molecule has 2 heterocycles. The van der Waals surface area contributed by atoms with E-state index in [2.05, 4.69) is 44.4 Å². The van der Waals surface area contributed by atoms with Crippen molar-refractivity contribution < 1.29 is 14.3 Å². The Hall–Kier alpha value is -1.96. The summed E-state index contributed by atoms with van der Waals surface area (Å²) in [5, 5.41) is 4.25. The van der Waals surface area contributed by atoms with Crippen molar-refractivity contribution in [2.45, 2.75) is 12.5 Å². The Bertz CT molecular complexity index is 973. The van der Waals surface area contributed by atoms with Gasteiger partial charge in [-0.1, -0.05) is 35.6 Å². The van der Waals surface area contributed by atoms with E-state index in [9.17, 15) is 4.79 Å². The Morgan fingerprint density at radius 2 is 2.27 bits per heavy atom. The number of nitrogens with zero attached hydrogens (tertiary/aromatic N) is 1. The molecule has 0 saturated carbocycles. The minimum absolute atomic E-state index is 0.293. The summed E-state index contributed by atoms with van der Waals surface area (Å²) in [4.78, 5) is 16.4. The average molecular weight is 433 g/mol. The maximum absolute atomic E-state index is 11.8. The highest BCUT2D eigenvalue weighted by atomic mass is 79.9. The number of nitrogens with one attached hydrogen (secondary N) is 1. The van der Waals surface area contributed by atoms with Crippen LogP contribution in [0.2, 0.25) is 0 Å².